The fourth-order valence-electron chi connectivity index (χ4n) is 8.61. The molecule has 3 aliphatic rings. The van der Waals surface area contributed by atoms with E-state index in [1.54, 1.807) is 0 Å². The molecule has 19 nitrogen and oxygen atoms in total. The molecule has 17 unspecified atom stereocenters. The minimum atomic E-state index is -1.98. The van der Waals surface area contributed by atoms with E-state index in [1.807, 2.05) is 0 Å². The molecule has 0 spiro atoms. The van der Waals surface area contributed by atoms with Crippen molar-refractivity contribution in [1.29, 1.82) is 0 Å². The largest absolute Gasteiger partial charge is 0.394 e. The number of amides is 1. The van der Waals surface area contributed by atoms with E-state index in [-0.39, 0.29) is 18.9 Å². The van der Waals surface area contributed by atoms with Crippen molar-refractivity contribution in [1.82, 2.24) is 5.32 Å². The zero-order chi connectivity index (χ0) is 53.4. The second-order valence-electron chi connectivity index (χ2n) is 19.0. The summed E-state index contributed by atoms with van der Waals surface area (Å²) in [5.74, 6) is -0.294. The number of rotatable bonds is 36. The van der Waals surface area contributed by atoms with Crippen LogP contribution in [0.4, 0.5) is 0 Å². The number of hydrogen-bond donors (Lipinski definition) is 12. The van der Waals surface area contributed by atoms with Crippen molar-refractivity contribution in [2.75, 3.05) is 26.4 Å². The third kappa shape index (κ3) is 23.2. The van der Waals surface area contributed by atoms with E-state index in [9.17, 15) is 61.0 Å². The van der Waals surface area contributed by atoms with Gasteiger partial charge in [-0.2, -0.15) is 0 Å². The highest BCUT2D eigenvalue weighted by molar-refractivity contribution is 5.76. The Morgan fingerprint density at radius 1 is 0.507 bits per heavy atom. The SMILES string of the molecule is CC/C=C\C/C=C\C/C=C\C/C=C\C/C=C\C/C=C\CCCCC(=O)NC(COC1OC(CO)C(OC2OC(CO)C(OC3OC(CO)C(O)C(O)C3O)C(O)C2O)C(O)C1O)C(O)CCCCCCCCC. The summed E-state index contributed by atoms with van der Waals surface area (Å²) in [5, 5.41) is 120. The monoisotopic (exact) mass is 1040 g/mol. The average Bonchev–Trinajstić information content (AvgIpc) is 3.39. The van der Waals surface area contributed by atoms with E-state index < -0.39 is 124 Å². The maximum absolute atomic E-state index is 13.2. The molecule has 12 N–H and O–H groups in total. The minimum absolute atomic E-state index is 0.206. The van der Waals surface area contributed by atoms with Gasteiger partial charge in [0.15, 0.2) is 18.9 Å². The first-order valence-electron chi connectivity index (χ1n) is 26.7. The Morgan fingerprint density at radius 2 is 0.945 bits per heavy atom. The Morgan fingerprint density at radius 3 is 1.45 bits per heavy atom. The Labute approximate surface area is 432 Å². The van der Waals surface area contributed by atoms with Gasteiger partial charge >= 0.3 is 0 Å². The molecule has 1 amide bonds. The van der Waals surface area contributed by atoms with Crippen LogP contribution in [0.2, 0.25) is 0 Å². The molecule has 0 aromatic rings. The quantitative estimate of drug-likeness (QED) is 0.0317. The molecule has 3 fully saturated rings. The van der Waals surface area contributed by atoms with Crippen molar-refractivity contribution in [3.63, 3.8) is 0 Å². The van der Waals surface area contributed by atoms with E-state index in [0.29, 0.717) is 19.3 Å². The Bertz CT molecular complexity index is 1620. The fourth-order valence-corrected chi connectivity index (χ4v) is 8.61. The van der Waals surface area contributed by atoms with Gasteiger partial charge in [0.2, 0.25) is 5.91 Å². The Kier molecular flexibility index (Phi) is 33.5. The molecule has 0 saturated carbocycles. The molecule has 3 aliphatic heterocycles. The van der Waals surface area contributed by atoms with Gasteiger partial charge in [0, 0.05) is 6.42 Å². The molecule has 0 aromatic heterocycles. The third-order valence-corrected chi connectivity index (χ3v) is 13.0. The molecule has 0 bridgehead atoms. The van der Waals surface area contributed by atoms with Crippen LogP contribution < -0.4 is 5.32 Å². The molecule has 0 aliphatic carbocycles. The predicted molar refractivity (Wildman–Crippen MR) is 272 cm³/mol. The molecule has 73 heavy (non-hydrogen) atoms. The van der Waals surface area contributed by atoms with Gasteiger partial charge in [-0.1, -0.05) is 132 Å². The van der Waals surface area contributed by atoms with Crippen molar-refractivity contribution >= 4 is 5.91 Å². The van der Waals surface area contributed by atoms with Crippen molar-refractivity contribution in [2.45, 2.75) is 234 Å². The number of carbonyl (C=O) groups excluding carboxylic acids is 1. The average molecular weight is 1040 g/mol. The number of nitrogens with one attached hydrogen (secondary N) is 1. The molecule has 3 rings (SSSR count). The van der Waals surface area contributed by atoms with Gasteiger partial charge in [-0.3, -0.25) is 4.79 Å². The molecule has 3 heterocycles. The molecule has 0 radical (unpaired) electrons. The number of hydrogen-bond acceptors (Lipinski definition) is 18. The summed E-state index contributed by atoms with van der Waals surface area (Å²) < 4.78 is 34.1. The summed E-state index contributed by atoms with van der Waals surface area (Å²) in [6, 6.07) is -0.911. The van der Waals surface area contributed by atoms with Gasteiger partial charge in [-0.25, -0.2) is 0 Å². The molecular weight excluding hydrogens is 951 g/mol. The highest BCUT2D eigenvalue weighted by Gasteiger charge is 2.53. The van der Waals surface area contributed by atoms with Crippen LogP contribution in [0.5, 0.6) is 0 Å². The fraction of sp³-hybridized carbons (Fsp3) is 0.759. The third-order valence-electron chi connectivity index (χ3n) is 13.0. The zero-order valence-corrected chi connectivity index (χ0v) is 43.1. The van der Waals surface area contributed by atoms with Crippen LogP contribution in [0.3, 0.4) is 0 Å². The molecule has 17 atom stereocenters. The molecule has 19 heteroatoms. The van der Waals surface area contributed by atoms with E-state index in [0.717, 1.165) is 83.5 Å². The smallest absolute Gasteiger partial charge is 0.220 e. The number of carbonyl (C=O) groups is 1. The van der Waals surface area contributed by atoms with Crippen molar-refractivity contribution in [2.24, 2.45) is 0 Å². The van der Waals surface area contributed by atoms with Gasteiger partial charge in [-0.15, -0.1) is 0 Å². The van der Waals surface area contributed by atoms with Crippen molar-refractivity contribution < 1.29 is 89.4 Å². The van der Waals surface area contributed by atoms with E-state index in [2.05, 4.69) is 92.1 Å². The van der Waals surface area contributed by atoms with Crippen LogP contribution in [0.25, 0.3) is 0 Å². The van der Waals surface area contributed by atoms with Crippen LogP contribution >= 0.6 is 0 Å². The van der Waals surface area contributed by atoms with Gasteiger partial charge in [0.25, 0.3) is 0 Å². The number of aliphatic hydroxyl groups excluding tert-OH is 11. The number of ether oxygens (including phenoxy) is 6. The highest BCUT2D eigenvalue weighted by atomic mass is 16.8. The van der Waals surface area contributed by atoms with Crippen LogP contribution in [0.1, 0.15) is 129 Å². The van der Waals surface area contributed by atoms with Crippen molar-refractivity contribution in [3.05, 3.63) is 72.9 Å². The lowest BCUT2D eigenvalue weighted by molar-refractivity contribution is -0.379. The molecule has 0 aromatic carbocycles. The first-order valence-corrected chi connectivity index (χ1v) is 26.7. The summed E-state index contributed by atoms with van der Waals surface area (Å²) in [4.78, 5) is 13.2. The van der Waals surface area contributed by atoms with Crippen LogP contribution in [0, 0.1) is 0 Å². The lowest BCUT2D eigenvalue weighted by Gasteiger charge is -2.48. The van der Waals surface area contributed by atoms with E-state index in [1.165, 1.54) is 6.42 Å². The first-order chi connectivity index (χ1) is 35.3. The second-order valence-corrected chi connectivity index (χ2v) is 19.0. The van der Waals surface area contributed by atoms with Crippen LogP contribution in [-0.4, -0.2) is 193 Å². The maximum atomic E-state index is 13.2. The predicted octanol–water partition coefficient (Wildman–Crippen LogP) is 2.70. The Hall–Kier alpha value is -2.77. The first kappa shape index (κ1) is 64.5. The Balaban J connectivity index is 1.50. The molecule has 3 saturated heterocycles. The van der Waals surface area contributed by atoms with E-state index >= 15 is 0 Å². The summed E-state index contributed by atoms with van der Waals surface area (Å²) in [5.41, 5.74) is 0. The van der Waals surface area contributed by atoms with Crippen molar-refractivity contribution in [3.8, 4) is 0 Å². The molecular formula is C54H91NO18. The molecule has 420 valence electrons. The van der Waals surface area contributed by atoms with Crippen LogP contribution in [-0.2, 0) is 33.2 Å². The summed E-state index contributed by atoms with van der Waals surface area (Å²) in [6.07, 6.45) is 14.7. The maximum Gasteiger partial charge on any atom is 0.220 e. The summed E-state index contributed by atoms with van der Waals surface area (Å²) in [7, 11) is 0. The second kappa shape index (κ2) is 37.9. The van der Waals surface area contributed by atoms with Gasteiger partial charge < -0.3 is 89.9 Å². The van der Waals surface area contributed by atoms with Gasteiger partial charge in [-0.05, 0) is 64.2 Å². The normalized spacial score (nSPS) is 32.3. The van der Waals surface area contributed by atoms with Gasteiger partial charge in [0.05, 0.1) is 38.6 Å². The summed E-state index contributed by atoms with van der Waals surface area (Å²) in [6.45, 7) is 1.53. The number of aliphatic hydroxyl groups is 11. The lowest BCUT2D eigenvalue weighted by atomic mass is 9.96. The number of allylic oxidation sites excluding steroid dienone is 12. The van der Waals surface area contributed by atoms with E-state index in [4.69, 9.17) is 28.4 Å². The summed E-state index contributed by atoms with van der Waals surface area (Å²) >= 11 is 0. The van der Waals surface area contributed by atoms with Gasteiger partial charge in [0.1, 0.15) is 73.2 Å². The standard InChI is InChI=1S/C54H91NO18/c1-3-5-7-9-11-12-13-14-15-16-17-18-19-20-21-22-23-24-26-28-30-32-42(60)55-37(38(59)31-29-27-25-10-8-6-4-2)36-68-52-48(66)45(63)50(40(34-57)70-52)73-54-49(67)46(64)51(41(35-58)71-54)72-53-47(65)44(62)43(61)39(33-56)69-53/h5,7,11-12,14-15,17-18,20-21,23-24,37-41,43-54,56-59,61-67H,3-4,6,8-10,13,16,19,22,25-36H2,1-2H3,(H,55,60)/b7-5-,12-11-,15-14-,18-17-,21-20-,24-23-. The van der Waals surface area contributed by atoms with Crippen LogP contribution in [0.15, 0.2) is 72.9 Å². The lowest BCUT2D eigenvalue weighted by Crippen LogP contribution is -2.66. The number of unbranched alkanes of at least 4 members (excludes halogenated alkanes) is 8. The zero-order valence-electron chi connectivity index (χ0n) is 43.1. The topological polar surface area (TPSA) is 307 Å². The highest BCUT2D eigenvalue weighted by Crippen LogP contribution is 2.33. The minimum Gasteiger partial charge on any atom is -0.394 e.